The highest BCUT2D eigenvalue weighted by atomic mass is 16.6. The zero-order valence-corrected chi connectivity index (χ0v) is 9.18. The second-order valence-electron chi connectivity index (χ2n) is 3.27. The normalized spacial score (nSPS) is 30.1. The molecule has 1 fully saturated rings. The lowest BCUT2D eigenvalue weighted by molar-refractivity contribution is -0.137. The lowest BCUT2D eigenvalue weighted by Gasteiger charge is -2.08. The summed E-state index contributed by atoms with van der Waals surface area (Å²) in [5.74, 6) is -0.648. The Morgan fingerprint density at radius 3 is 3.00 bits per heavy atom. The molecule has 0 amide bonds. The van der Waals surface area contributed by atoms with Crippen LogP contribution in [0.1, 0.15) is 6.92 Å². The van der Waals surface area contributed by atoms with Crippen molar-refractivity contribution in [3.63, 3.8) is 0 Å². The third-order valence-electron chi connectivity index (χ3n) is 2.17. The first kappa shape index (κ1) is 13.5. The molecule has 0 radical (unpaired) electrons. The maximum atomic E-state index is 11.2. The quantitative estimate of drug-likeness (QED) is 0.234. The summed E-state index contributed by atoms with van der Waals surface area (Å²) in [6.45, 7) is 1.73. The minimum atomic E-state index is -1.44. The van der Waals surface area contributed by atoms with Crippen molar-refractivity contribution < 1.29 is 24.5 Å². The van der Waals surface area contributed by atoms with Crippen molar-refractivity contribution in [1.29, 1.82) is 0 Å². The smallest absolute Gasteiger partial charge is 0.330 e. The maximum Gasteiger partial charge on any atom is 0.330 e. The van der Waals surface area contributed by atoms with Gasteiger partial charge >= 0.3 is 5.97 Å². The Kier molecular flexibility index (Phi) is 4.92. The predicted octanol–water partition coefficient (Wildman–Crippen LogP) is -0.136. The molecule has 3 atom stereocenters. The first-order chi connectivity index (χ1) is 8.10. The van der Waals surface area contributed by atoms with Crippen LogP contribution in [0.4, 0.5) is 0 Å². The maximum absolute atomic E-state index is 11.2. The molecule has 1 aliphatic rings. The minimum absolute atomic E-state index is 0.115. The molecule has 2 N–H and O–H groups in total. The zero-order valence-electron chi connectivity index (χ0n) is 9.18. The van der Waals surface area contributed by atoms with Gasteiger partial charge in [0, 0.05) is 11.0 Å². The van der Waals surface area contributed by atoms with Crippen LogP contribution in [0.25, 0.3) is 10.4 Å². The van der Waals surface area contributed by atoms with Crippen LogP contribution in [-0.2, 0) is 14.3 Å². The van der Waals surface area contributed by atoms with Crippen LogP contribution in [0.15, 0.2) is 16.8 Å². The fourth-order valence-electron chi connectivity index (χ4n) is 1.43. The molecule has 1 aliphatic heterocycles. The summed E-state index contributed by atoms with van der Waals surface area (Å²) in [5.41, 5.74) is 8.32. The molecule has 1 rings (SSSR count). The van der Waals surface area contributed by atoms with Crippen molar-refractivity contribution in [2.75, 3.05) is 13.2 Å². The fourth-order valence-corrected chi connectivity index (χ4v) is 1.43. The number of carbonyl (C=O) groups excluding carboxylic acids is 1. The van der Waals surface area contributed by atoms with Gasteiger partial charge < -0.3 is 19.7 Å². The molecular formula is C9H13N3O5. The van der Waals surface area contributed by atoms with Crippen molar-refractivity contribution >= 4 is 5.97 Å². The van der Waals surface area contributed by atoms with E-state index in [4.69, 9.17) is 10.3 Å². The van der Waals surface area contributed by atoms with E-state index in [-0.39, 0.29) is 18.7 Å². The number of rotatable bonds is 4. The summed E-state index contributed by atoms with van der Waals surface area (Å²) in [7, 11) is 0. The van der Waals surface area contributed by atoms with Crippen LogP contribution in [0.2, 0.25) is 0 Å². The van der Waals surface area contributed by atoms with Gasteiger partial charge in [0.05, 0.1) is 19.3 Å². The molecular weight excluding hydrogens is 230 g/mol. The Labute approximate surface area is 97.1 Å². The highest BCUT2D eigenvalue weighted by Crippen LogP contribution is 2.25. The third kappa shape index (κ3) is 3.43. The van der Waals surface area contributed by atoms with E-state index < -0.39 is 24.5 Å². The molecule has 8 nitrogen and oxygen atoms in total. The molecule has 1 unspecified atom stereocenters. The van der Waals surface area contributed by atoms with Crippen molar-refractivity contribution in [2.24, 2.45) is 5.11 Å². The summed E-state index contributed by atoms with van der Waals surface area (Å²) < 4.78 is 9.61. The second kappa shape index (κ2) is 6.21. The Morgan fingerprint density at radius 1 is 1.71 bits per heavy atom. The van der Waals surface area contributed by atoms with Crippen molar-refractivity contribution in [3.05, 3.63) is 22.1 Å². The number of ether oxygens (including phenoxy) is 2. The average molecular weight is 243 g/mol. The summed E-state index contributed by atoms with van der Waals surface area (Å²) in [6.07, 6.45) is -2.53. The minimum Gasteiger partial charge on any atom is -0.463 e. The number of esters is 1. The lowest BCUT2D eigenvalue weighted by atomic mass is 10.1. The average Bonchev–Trinajstić information content (AvgIpc) is 2.55. The van der Waals surface area contributed by atoms with E-state index in [0.717, 1.165) is 6.08 Å². The number of carbonyl (C=O) groups is 1. The highest BCUT2D eigenvalue weighted by molar-refractivity contribution is 5.83. The van der Waals surface area contributed by atoms with Gasteiger partial charge in [-0.05, 0) is 18.0 Å². The number of hydrogen-bond donors (Lipinski definition) is 2. The summed E-state index contributed by atoms with van der Waals surface area (Å²) in [4.78, 5) is 13.8. The van der Waals surface area contributed by atoms with E-state index in [0.29, 0.717) is 0 Å². The van der Waals surface area contributed by atoms with Gasteiger partial charge in [-0.25, -0.2) is 4.79 Å². The van der Waals surface area contributed by atoms with E-state index in [1.165, 1.54) is 0 Å². The summed E-state index contributed by atoms with van der Waals surface area (Å²) >= 11 is 0. The van der Waals surface area contributed by atoms with Crippen LogP contribution in [0, 0.1) is 0 Å². The van der Waals surface area contributed by atoms with Crippen molar-refractivity contribution in [1.82, 2.24) is 0 Å². The van der Waals surface area contributed by atoms with Gasteiger partial charge in [0.25, 0.3) is 0 Å². The van der Waals surface area contributed by atoms with Crippen LogP contribution >= 0.6 is 0 Å². The lowest BCUT2D eigenvalue weighted by Crippen LogP contribution is -2.21. The number of aliphatic hydroxyl groups is 2. The molecule has 0 saturated carbocycles. The Balaban J connectivity index is 2.82. The summed E-state index contributed by atoms with van der Waals surface area (Å²) in [6, 6.07) is 0. The molecule has 94 valence electrons. The topological polar surface area (TPSA) is 125 Å². The standard InChI is InChI=1S/C9H13N3O5/c1-2-16-7(13)3-5-6(4-11-12-10)17-9(15)8(5)14/h3,6,8-9,14-15H,2,4H2,1H3/b5-3-/t6-,8-,9?/m1/s1. The van der Waals surface area contributed by atoms with Gasteiger partial charge in [-0.1, -0.05) is 5.11 Å². The van der Waals surface area contributed by atoms with E-state index in [2.05, 4.69) is 14.8 Å². The molecule has 0 aromatic rings. The van der Waals surface area contributed by atoms with Crippen LogP contribution in [0.3, 0.4) is 0 Å². The van der Waals surface area contributed by atoms with Crippen molar-refractivity contribution in [3.8, 4) is 0 Å². The van der Waals surface area contributed by atoms with E-state index in [9.17, 15) is 15.0 Å². The van der Waals surface area contributed by atoms with Crippen LogP contribution < -0.4 is 0 Å². The van der Waals surface area contributed by atoms with Gasteiger partial charge in [-0.15, -0.1) is 0 Å². The SMILES string of the molecule is CCOC(=O)/C=C1\[C@@H](O)C(O)O[C@@H]1CN=[N+]=[N-]. The molecule has 0 aliphatic carbocycles. The number of nitrogens with zero attached hydrogens (tertiary/aromatic N) is 3. The Hall–Kier alpha value is -1.60. The largest absolute Gasteiger partial charge is 0.463 e. The van der Waals surface area contributed by atoms with Crippen molar-refractivity contribution in [2.45, 2.75) is 25.4 Å². The third-order valence-corrected chi connectivity index (χ3v) is 2.17. The van der Waals surface area contributed by atoms with Gasteiger partial charge in [0.2, 0.25) is 0 Å². The fraction of sp³-hybridized carbons (Fsp3) is 0.667. The first-order valence-electron chi connectivity index (χ1n) is 5.00. The van der Waals surface area contributed by atoms with Gasteiger partial charge in [0.1, 0.15) is 6.10 Å². The number of hydrogen-bond acceptors (Lipinski definition) is 6. The first-order valence-corrected chi connectivity index (χ1v) is 5.00. The van der Waals surface area contributed by atoms with E-state index >= 15 is 0 Å². The Bertz CT molecular complexity index is 364. The Morgan fingerprint density at radius 2 is 2.41 bits per heavy atom. The van der Waals surface area contributed by atoms with Gasteiger partial charge in [0.15, 0.2) is 6.29 Å². The molecule has 1 saturated heterocycles. The zero-order chi connectivity index (χ0) is 12.8. The number of azide groups is 1. The second-order valence-corrected chi connectivity index (χ2v) is 3.27. The molecule has 0 aromatic carbocycles. The molecule has 17 heavy (non-hydrogen) atoms. The summed E-state index contributed by atoms with van der Waals surface area (Å²) in [5, 5.41) is 22.1. The van der Waals surface area contributed by atoms with E-state index in [1.54, 1.807) is 6.92 Å². The molecule has 0 bridgehead atoms. The van der Waals surface area contributed by atoms with E-state index in [1.807, 2.05) is 0 Å². The highest BCUT2D eigenvalue weighted by Gasteiger charge is 2.37. The molecule has 8 heteroatoms. The van der Waals surface area contributed by atoms with Gasteiger partial charge in [-0.2, -0.15) is 0 Å². The monoisotopic (exact) mass is 243 g/mol. The molecule has 1 heterocycles. The number of aliphatic hydroxyl groups excluding tert-OH is 2. The predicted molar refractivity (Wildman–Crippen MR) is 55.6 cm³/mol. The van der Waals surface area contributed by atoms with Crippen LogP contribution in [-0.4, -0.2) is 47.8 Å². The van der Waals surface area contributed by atoms with Gasteiger partial charge in [-0.3, -0.25) is 0 Å². The van der Waals surface area contributed by atoms with Crippen LogP contribution in [0.5, 0.6) is 0 Å². The molecule has 0 aromatic heterocycles. The molecule has 0 spiro atoms.